The maximum Gasteiger partial charge on any atom is 0.240 e. The first-order valence-electron chi connectivity index (χ1n) is 7.04. The van der Waals surface area contributed by atoms with Gasteiger partial charge in [0.2, 0.25) is 11.1 Å². The van der Waals surface area contributed by atoms with Gasteiger partial charge in [-0.25, -0.2) is 10.5 Å². The molecule has 0 aliphatic heterocycles. The second-order valence-corrected chi connectivity index (χ2v) is 7.04. The highest BCUT2D eigenvalue weighted by molar-refractivity contribution is 9.10. The molecule has 2 N–H and O–H groups in total. The number of aromatic amines is 1. The van der Waals surface area contributed by atoms with E-state index in [-0.39, 0.29) is 0 Å². The molecular weight excluding hydrogens is 410 g/mol. The summed E-state index contributed by atoms with van der Waals surface area (Å²) < 4.78 is 1.00. The predicted molar refractivity (Wildman–Crippen MR) is 103 cm³/mol. The molecule has 0 spiro atoms. The second kappa shape index (κ2) is 8.32. The van der Waals surface area contributed by atoms with Gasteiger partial charge in [-0.1, -0.05) is 69.6 Å². The van der Waals surface area contributed by atoms with Crippen molar-refractivity contribution in [2.24, 2.45) is 5.10 Å². The van der Waals surface area contributed by atoms with Gasteiger partial charge in [0.1, 0.15) is 0 Å². The molecule has 0 saturated heterocycles. The monoisotopic (exact) mass is 421 g/mol. The number of hydrogen-bond acceptors (Lipinski definition) is 5. The molecule has 122 valence electrons. The van der Waals surface area contributed by atoms with Crippen LogP contribution in [0.5, 0.6) is 0 Å². The van der Waals surface area contributed by atoms with Gasteiger partial charge in [0, 0.05) is 15.2 Å². The van der Waals surface area contributed by atoms with Crippen LogP contribution < -0.4 is 5.43 Å². The number of halogens is 2. The van der Waals surface area contributed by atoms with Crippen LogP contribution in [-0.2, 0) is 5.75 Å². The van der Waals surface area contributed by atoms with Crippen molar-refractivity contribution in [2.45, 2.75) is 10.9 Å². The molecular formula is C16H13BrClN5S. The number of hydrogen-bond donors (Lipinski definition) is 2. The van der Waals surface area contributed by atoms with Crippen molar-refractivity contribution in [1.82, 2.24) is 15.2 Å². The van der Waals surface area contributed by atoms with Crippen molar-refractivity contribution >= 4 is 51.5 Å². The van der Waals surface area contributed by atoms with Gasteiger partial charge in [0.05, 0.1) is 6.21 Å². The van der Waals surface area contributed by atoms with E-state index in [2.05, 4.69) is 41.6 Å². The SMILES string of the molecule is Clc1ccccc1CSc1n[nH]c(N/N=C/c2cccc(Br)c2)n1. The quantitative estimate of drug-likeness (QED) is 0.335. The minimum Gasteiger partial charge on any atom is -0.246 e. The van der Waals surface area contributed by atoms with Gasteiger partial charge < -0.3 is 0 Å². The van der Waals surface area contributed by atoms with Gasteiger partial charge in [0.15, 0.2) is 0 Å². The zero-order chi connectivity index (χ0) is 16.8. The van der Waals surface area contributed by atoms with Gasteiger partial charge in [-0.2, -0.15) is 10.1 Å². The number of nitrogens with zero attached hydrogens (tertiary/aromatic N) is 3. The number of thioether (sulfide) groups is 1. The van der Waals surface area contributed by atoms with Crippen molar-refractivity contribution in [2.75, 3.05) is 5.43 Å². The lowest BCUT2D eigenvalue weighted by Gasteiger charge is -2.00. The van der Waals surface area contributed by atoms with Crippen molar-refractivity contribution in [1.29, 1.82) is 0 Å². The molecule has 2 aromatic carbocycles. The Morgan fingerprint density at radius 3 is 2.96 bits per heavy atom. The van der Waals surface area contributed by atoms with Gasteiger partial charge in [-0.05, 0) is 29.3 Å². The van der Waals surface area contributed by atoms with Gasteiger partial charge in [0.25, 0.3) is 0 Å². The number of nitrogens with one attached hydrogen (secondary N) is 2. The second-order valence-electron chi connectivity index (χ2n) is 4.77. The minimum absolute atomic E-state index is 0.489. The fourth-order valence-corrected chi connectivity index (χ4v) is 3.37. The van der Waals surface area contributed by atoms with Crippen LogP contribution in [0.15, 0.2) is 63.3 Å². The summed E-state index contributed by atoms with van der Waals surface area (Å²) in [6.07, 6.45) is 1.71. The number of benzene rings is 2. The summed E-state index contributed by atoms with van der Waals surface area (Å²) in [5.41, 5.74) is 4.86. The molecule has 0 aliphatic carbocycles. The largest absolute Gasteiger partial charge is 0.246 e. The molecule has 5 nitrogen and oxygen atoms in total. The van der Waals surface area contributed by atoms with E-state index in [1.807, 2.05) is 48.5 Å². The van der Waals surface area contributed by atoms with Gasteiger partial charge in [-0.15, -0.1) is 5.10 Å². The molecule has 0 amide bonds. The summed E-state index contributed by atoms with van der Waals surface area (Å²) in [7, 11) is 0. The maximum atomic E-state index is 6.14. The third-order valence-electron chi connectivity index (χ3n) is 3.01. The van der Waals surface area contributed by atoms with Crippen molar-refractivity contribution in [3.05, 3.63) is 69.2 Å². The maximum absolute atomic E-state index is 6.14. The molecule has 0 aliphatic rings. The van der Waals surface area contributed by atoms with Crippen LogP contribution in [0.4, 0.5) is 5.95 Å². The highest BCUT2D eigenvalue weighted by Gasteiger charge is 2.05. The summed E-state index contributed by atoms with van der Waals surface area (Å²) in [6.45, 7) is 0. The lowest BCUT2D eigenvalue weighted by molar-refractivity contribution is 0.972. The normalized spacial score (nSPS) is 11.1. The van der Waals surface area contributed by atoms with Crippen LogP contribution in [0.25, 0.3) is 0 Å². The minimum atomic E-state index is 0.489. The average molecular weight is 423 g/mol. The van der Waals surface area contributed by atoms with E-state index in [1.54, 1.807) is 6.21 Å². The summed E-state index contributed by atoms with van der Waals surface area (Å²) in [5, 5.41) is 12.5. The van der Waals surface area contributed by atoms with Crippen LogP contribution in [0.3, 0.4) is 0 Å². The van der Waals surface area contributed by atoms with Crippen LogP contribution >= 0.6 is 39.3 Å². The third-order valence-corrected chi connectivity index (χ3v) is 4.77. The van der Waals surface area contributed by atoms with E-state index in [9.17, 15) is 0 Å². The lowest BCUT2D eigenvalue weighted by Crippen LogP contribution is -1.92. The molecule has 8 heteroatoms. The Kier molecular flexibility index (Phi) is 5.90. The number of H-pyrrole nitrogens is 1. The Morgan fingerprint density at radius 2 is 2.12 bits per heavy atom. The molecule has 1 aromatic heterocycles. The van der Waals surface area contributed by atoms with Crippen LogP contribution in [0.2, 0.25) is 5.02 Å². The molecule has 0 fully saturated rings. The Balaban J connectivity index is 1.55. The standard InChI is InChI=1S/C16H13BrClN5S/c17-13-6-3-4-11(8-13)9-19-21-15-20-16(23-22-15)24-10-12-5-1-2-7-14(12)18/h1-9H,10H2,(H2,20,21,22,23)/b19-9+. The number of aromatic nitrogens is 3. The molecule has 0 atom stereocenters. The van der Waals surface area contributed by atoms with Gasteiger partial charge in [-0.3, -0.25) is 0 Å². The van der Waals surface area contributed by atoms with E-state index in [4.69, 9.17) is 11.6 Å². The van der Waals surface area contributed by atoms with Crippen molar-refractivity contribution in [3.8, 4) is 0 Å². The first kappa shape index (κ1) is 17.0. The molecule has 0 radical (unpaired) electrons. The summed E-state index contributed by atoms with van der Waals surface area (Å²) in [5.74, 6) is 1.20. The summed E-state index contributed by atoms with van der Waals surface area (Å²) in [4.78, 5) is 4.32. The fraction of sp³-hybridized carbons (Fsp3) is 0.0625. The molecule has 1 heterocycles. The zero-order valence-electron chi connectivity index (χ0n) is 12.4. The highest BCUT2D eigenvalue weighted by atomic mass is 79.9. The molecule has 24 heavy (non-hydrogen) atoms. The number of hydrazone groups is 1. The van der Waals surface area contributed by atoms with Crippen LogP contribution in [0.1, 0.15) is 11.1 Å². The lowest BCUT2D eigenvalue weighted by atomic mass is 10.2. The zero-order valence-corrected chi connectivity index (χ0v) is 15.6. The average Bonchev–Trinajstić information content (AvgIpc) is 3.02. The van der Waals surface area contributed by atoms with Gasteiger partial charge >= 0.3 is 0 Å². The summed E-state index contributed by atoms with van der Waals surface area (Å²) >= 11 is 11.1. The van der Waals surface area contributed by atoms with Crippen LogP contribution in [-0.4, -0.2) is 21.4 Å². The Bertz CT molecular complexity index is 852. The van der Waals surface area contributed by atoms with Crippen molar-refractivity contribution in [3.63, 3.8) is 0 Å². The fourth-order valence-electron chi connectivity index (χ4n) is 1.87. The Labute approximate surface area is 157 Å². The van der Waals surface area contributed by atoms with E-state index < -0.39 is 0 Å². The molecule has 3 rings (SSSR count). The Hall–Kier alpha value is -1.83. The molecule has 0 bridgehead atoms. The van der Waals surface area contributed by atoms with Crippen LogP contribution in [0, 0.1) is 0 Å². The highest BCUT2D eigenvalue weighted by Crippen LogP contribution is 2.24. The third kappa shape index (κ3) is 4.83. The molecule has 3 aromatic rings. The first-order valence-corrected chi connectivity index (χ1v) is 9.19. The smallest absolute Gasteiger partial charge is 0.240 e. The number of rotatable bonds is 6. The van der Waals surface area contributed by atoms with E-state index in [0.717, 1.165) is 20.6 Å². The predicted octanol–water partition coefficient (Wildman–Crippen LogP) is 4.96. The Morgan fingerprint density at radius 1 is 1.25 bits per heavy atom. The molecule has 0 unspecified atom stereocenters. The van der Waals surface area contributed by atoms with E-state index in [1.165, 1.54) is 11.8 Å². The topological polar surface area (TPSA) is 66.0 Å². The molecule has 0 saturated carbocycles. The summed E-state index contributed by atoms with van der Waals surface area (Å²) in [6, 6.07) is 15.6. The first-order chi connectivity index (χ1) is 11.7. The van der Waals surface area contributed by atoms with E-state index in [0.29, 0.717) is 16.9 Å². The number of anilines is 1. The van der Waals surface area contributed by atoms with E-state index >= 15 is 0 Å². The van der Waals surface area contributed by atoms with Crippen molar-refractivity contribution < 1.29 is 0 Å².